The Bertz CT molecular complexity index is 551. The minimum atomic E-state index is 0.121. The second-order valence-corrected chi connectivity index (χ2v) is 5.27. The molecule has 1 atom stereocenters. The lowest BCUT2D eigenvalue weighted by atomic mass is 9.97. The lowest BCUT2D eigenvalue weighted by Crippen LogP contribution is -2.29. The Morgan fingerprint density at radius 2 is 1.86 bits per heavy atom. The van der Waals surface area contributed by atoms with Gasteiger partial charge in [0.15, 0.2) is 0 Å². The third-order valence-corrected chi connectivity index (χ3v) is 3.69. The van der Waals surface area contributed by atoms with Crippen molar-refractivity contribution in [1.29, 1.82) is 0 Å². The van der Waals surface area contributed by atoms with Crippen LogP contribution in [0.25, 0.3) is 0 Å². The fraction of sp³-hybridized carbons (Fsp3) is 0.333. The van der Waals surface area contributed by atoms with Gasteiger partial charge in [-0.05, 0) is 41.7 Å². The average Bonchev–Trinajstić information content (AvgIpc) is 2.54. The van der Waals surface area contributed by atoms with Gasteiger partial charge in [-0.1, -0.05) is 49.7 Å². The zero-order valence-electron chi connectivity index (χ0n) is 12.8. The first-order chi connectivity index (χ1) is 10.3. The SMILES string of the molecule is CCCc1cccc(C(Cc2ccc(OC)cc2)NN)c1. The highest BCUT2D eigenvalue weighted by Gasteiger charge is 2.11. The summed E-state index contributed by atoms with van der Waals surface area (Å²) in [5.41, 5.74) is 6.77. The number of nitrogens with two attached hydrogens (primary N) is 1. The fourth-order valence-electron chi connectivity index (χ4n) is 2.52. The van der Waals surface area contributed by atoms with Crippen LogP contribution in [-0.2, 0) is 12.8 Å². The van der Waals surface area contributed by atoms with E-state index in [1.165, 1.54) is 16.7 Å². The Balaban J connectivity index is 2.12. The van der Waals surface area contributed by atoms with Crippen LogP contribution < -0.4 is 16.0 Å². The second-order valence-electron chi connectivity index (χ2n) is 5.27. The molecule has 0 radical (unpaired) electrons. The molecule has 0 aliphatic heterocycles. The van der Waals surface area contributed by atoms with Crippen LogP contribution in [0.15, 0.2) is 48.5 Å². The van der Waals surface area contributed by atoms with Gasteiger partial charge in [-0.15, -0.1) is 0 Å². The fourth-order valence-corrected chi connectivity index (χ4v) is 2.52. The molecule has 0 fully saturated rings. The van der Waals surface area contributed by atoms with Crippen molar-refractivity contribution in [2.24, 2.45) is 5.84 Å². The smallest absolute Gasteiger partial charge is 0.118 e. The van der Waals surface area contributed by atoms with Gasteiger partial charge in [0.05, 0.1) is 7.11 Å². The van der Waals surface area contributed by atoms with Crippen LogP contribution >= 0.6 is 0 Å². The van der Waals surface area contributed by atoms with Gasteiger partial charge in [-0.2, -0.15) is 0 Å². The number of hydrogen-bond donors (Lipinski definition) is 2. The molecule has 0 spiro atoms. The van der Waals surface area contributed by atoms with Crippen LogP contribution in [0.1, 0.15) is 36.1 Å². The maximum Gasteiger partial charge on any atom is 0.118 e. The number of hydrazine groups is 1. The molecule has 3 nitrogen and oxygen atoms in total. The Morgan fingerprint density at radius 3 is 2.48 bits per heavy atom. The highest BCUT2D eigenvalue weighted by Crippen LogP contribution is 2.21. The number of aryl methyl sites for hydroxylation is 1. The summed E-state index contributed by atoms with van der Waals surface area (Å²) >= 11 is 0. The van der Waals surface area contributed by atoms with E-state index in [0.717, 1.165) is 25.0 Å². The van der Waals surface area contributed by atoms with E-state index in [2.05, 4.69) is 48.7 Å². The van der Waals surface area contributed by atoms with E-state index < -0.39 is 0 Å². The molecule has 0 saturated carbocycles. The lowest BCUT2D eigenvalue weighted by Gasteiger charge is -2.17. The first-order valence-electron chi connectivity index (χ1n) is 7.44. The maximum atomic E-state index is 5.76. The molecule has 2 rings (SSSR count). The summed E-state index contributed by atoms with van der Waals surface area (Å²) in [6, 6.07) is 16.9. The number of ether oxygens (including phenoxy) is 1. The van der Waals surface area contributed by atoms with Gasteiger partial charge in [-0.3, -0.25) is 11.3 Å². The van der Waals surface area contributed by atoms with E-state index in [0.29, 0.717) is 0 Å². The summed E-state index contributed by atoms with van der Waals surface area (Å²) in [7, 11) is 1.68. The molecule has 0 aliphatic rings. The normalized spacial score (nSPS) is 12.1. The Morgan fingerprint density at radius 1 is 1.10 bits per heavy atom. The van der Waals surface area contributed by atoms with E-state index in [9.17, 15) is 0 Å². The van der Waals surface area contributed by atoms with Crippen LogP contribution in [0.3, 0.4) is 0 Å². The van der Waals surface area contributed by atoms with Gasteiger partial charge in [0, 0.05) is 6.04 Å². The average molecular weight is 284 g/mol. The molecular formula is C18H24N2O. The molecular weight excluding hydrogens is 260 g/mol. The minimum Gasteiger partial charge on any atom is -0.497 e. The standard InChI is InChI=1S/C18H24N2O/c1-3-5-14-6-4-7-16(12-14)18(20-19)13-15-8-10-17(21-2)11-9-15/h4,6-12,18,20H,3,5,13,19H2,1-2H3. The number of benzene rings is 2. The van der Waals surface area contributed by atoms with Crippen molar-refractivity contribution >= 4 is 0 Å². The summed E-state index contributed by atoms with van der Waals surface area (Å²) in [5.74, 6) is 6.63. The van der Waals surface area contributed by atoms with E-state index >= 15 is 0 Å². The van der Waals surface area contributed by atoms with Gasteiger partial charge in [0.1, 0.15) is 5.75 Å². The summed E-state index contributed by atoms with van der Waals surface area (Å²) in [6.45, 7) is 2.20. The molecule has 0 aliphatic carbocycles. The number of nitrogens with one attached hydrogen (secondary N) is 1. The first kappa shape index (κ1) is 15.5. The van der Waals surface area contributed by atoms with Crippen molar-refractivity contribution in [1.82, 2.24) is 5.43 Å². The van der Waals surface area contributed by atoms with Crippen LogP contribution in [0.2, 0.25) is 0 Å². The zero-order chi connectivity index (χ0) is 15.1. The molecule has 0 amide bonds. The predicted octanol–water partition coefficient (Wildman–Crippen LogP) is 3.39. The van der Waals surface area contributed by atoms with Gasteiger partial charge < -0.3 is 4.74 Å². The minimum absolute atomic E-state index is 0.121. The van der Waals surface area contributed by atoms with Crippen LogP contribution in [-0.4, -0.2) is 7.11 Å². The largest absolute Gasteiger partial charge is 0.497 e. The van der Waals surface area contributed by atoms with Crippen molar-refractivity contribution in [3.63, 3.8) is 0 Å². The topological polar surface area (TPSA) is 47.3 Å². The molecule has 2 aromatic carbocycles. The highest BCUT2D eigenvalue weighted by molar-refractivity contribution is 5.31. The summed E-state index contributed by atoms with van der Waals surface area (Å²) in [6.07, 6.45) is 3.12. The molecule has 0 bridgehead atoms. The van der Waals surface area contributed by atoms with Crippen LogP contribution in [0.5, 0.6) is 5.75 Å². The molecule has 3 N–H and O–H groups in total. The third kappa shape index (κ3) is 4.31. The molecule has 21 heavy (non-hydrogen) atoms. The molecule has 2 aromatic rings. The van der Waals surface area contributed by atoms with Crippen molar-refractivity contribution in [2.75, 3.05) is 7.11 Å². The predicted molar refractivity (Wildman–Crippen MR) is 87.2 cm³/mol. The second kappa shape index (κ2) is 7.81. The molecule has 0 aromatic heterocycles. The van der Waals surface area contributed by atoms with Crippen molar-refractivity contribution in [3.8, 4) is 5.75 Å². The maximum absolute atomic E-state index is 5.76. The first-order valence-corrected chi connectivity index (χ1v) is 7.44. The monoisotopic (exact) mass is 284 g/mol. The van der Waals surface area contributed by atoms with Gasteiger partial charge in [0.2, 0.25) is 0 Å². The van der Waals surface area contributed by atoms with E-state index in [1.54, 1.807) is 7.11 Å². The molecule has 112 valence electrons. The number of methoxy groups -OCH3 is 1. The van der Waals surface area contributed by atoms with E-state index in [1.807, 2.05) is 12.1 Å². The van der Waals surface area contributed by atoms with E-state index in [4.69, 9.17) is 10.6 Å². The van der Waals surface area contributed by atoms with Crippen LogP contribution in [0.4, 0.5) is 0 Å². The Kier molecular flexibility index (Phi) is 5.78. The molecule has 0 saturated heterocycles. The Labute approximate surface area is 127 Å². The summed E-state index contributed by atoms with van der Waals surface area (Å²) < 4.78 is 5.19. The Hall–Kier alpha value is -1.84. The molecule has 3 heteroatoms. The zero-order valence-corrected chi connectivity index (χ0v) is 12.8. The summed E-state index contributed by atoms with van der Waals surface area (Å²) in [4.78, 5) is 0. The van der Waals surface area contributed by atoms with E-state index in [-0.39, 0.29) is 6.04 Å². The van der Waals surface area contributed by atoms with Crippen molar-refractivity contribution in [3.05, 3.63) is 65.2 Å². The number of rotatable bonds is 7. The quantitative estimate of drug-likeness (QED) is 0.605. The van der Waals surface area contributed by atoms with Crippen molar-refractivity contribution < 1.29 is 4.74 Å². The molecule has 1 unspecified atom stereocenters. The highest BCUT2D eigenvalue weighted by atomic mass is 16.5. The van der Waals surface area contributed by atoms with Gasteiger partial charge in [-0.25, -0.2) is 0 Å². The third-order valence-electron chi connectivity index (χ3n) is 3.69. The number of hydrogen-bond acceptors (Lipinski definition) is 3. The lowest BCUT2D eigenvalue weighted by molar-refractivity contribution is 0.414. The van der Waals surface area contributed by atoms with Crippen molar-refractivity contribution in [2.45, 2.75) is 32.2 Å². The van der Waals surface area contributed by atoms with Gasteiger partial charge in [0.25, 0.3) is 0 Å². The molecule has 0 heterocycles. The van der Waals surface area contributed by atoms with Gasteiger partial charge >= 0.3 is 0 Å². The summed E-state index contributed by atoms with van der Waals surface area (Å²) in [5, 5.41) is 0. The van der Waals surface area contributed by atoms with Crippen LogP contribution in [0, 0.1) is 0 Å².